The second-order valence-corrected chi connectivity index (χ2v) is 3.55. The number of H-pyrrole nitrogens is 1. The maximum absolute atomic E-state index is 11.6. The van der Waals surface area contributed by atoms with Crippen molar-refractivity contribution in [2.75, 3.05) is 6.61 Å². The minimum Gasteiger partial charge on any atom is -0.461 e. The van der Waals surface area contributed by atoms with Gasteiger partial charge in [0, 0.05) is 16.5 Å². The topological polar surface area (TPSA) is 42.1 Å². The molecule has 3 nitrogen and oxygen atoms in total. The van der Waals surface area contributed by atoms with Crippen molar-refractivity contribution in [3.8, 4) is 11.8 Å². The first-order chi connectivity index (χ1) is 8.26. The van der Waals surface area contributed by atoms with Crippen molar-refractivity contribution in [1.82, 2.24) is 4.98 Å². The first-order valence-corrected chi connectivity index (χ1v) is 5.48. The van der Waals surface area contributed by atoms with E-state index in [0.29, 0.717) is 12.3 Å². The van der Waals surface area contributed by atoms with Gasteiger partial charge in [-0.3, -0.25) is 0 Å². The van der Waals surface area contributed by atoms with Gasteiger partial charge in [0.25, 0.3) is 0 Å². The standard InChI is InChI=1S/C14H13NO2/c1-3-6-10-7-5-8-12-11(10)9-13(15-12)14(16)17-4-2/h5,7-9,15H,4H2,1-2H3. The Kier molecular flexibility index (Phi) is 3.15. The predicted octanol–water partition coefficient (Wildman–Crippen LogP) is 2.72. The lowest BCUT2D eigenvalue weighted by molar-refractivity contribution is 0.0520. The lowest BCUT2D eigenvalue weighted by Crippen LogP contribution is -2.04. The number of nitrogens with one attached hydrogen (secondary N) is 1. The number of fused-ring (bicyclic) bond motifs is 1. The van der Waals surface area contributed by atoms with Crippen LogP contribution in [0.2, 0.25) is 0 Å². The fourth-order valence-corrected chi connectivity index (χ4v) is 1.72. The van der Waals surface area contributed by atoms with Crippen LogP contribution < -0.4 is 0 Å². The first-order valence-electron chi connectivity index (χ1n) is 5.48. The van der Waals surface area contributed by atoms with Crippen LogP contribution in [0, 0.1) is 11.8 Å². The summed E-state index contributed by atoms with van der Waals surface area (Å²) in [5.74, 6) is 5.54. The number of hydrogen-bond acceptors (Lipinski definition) is 2. The zero-order chi connectivity index (χ0) is 12.3. The van der Waals surface area contributed by atoms with Gasteiger partial charge in [0.05, 0.1) is 6.61 Å². The molecule has 1 heterocycles. The van der Waals surface area contributed by atoms with Crippen molar-refractivity contribution in [2.45, 2.75) is 13.8 Å². The smallest absolute Gasteiger partial charge is 0.354 e. The summed E-state index contributed by atoms with van der Waals surface area (Å²) in [6.07, 6.45) is 0. The van der Waals surface area contributed by atoms with Crippen molar-refractivity contribution < 1.29 is 9.53 Å². The minimum absolute atomic E-state index is 0.334. The summed E-state index contributed by atoms with van der Waals surface area (Å²) in [7, 11) is 0. The Morgan fingerprint density at radius 3 is 3.00 bits per heavy atom. The third-order valence-electron chi connectivity index (χ3n) is 2.42. The van der Waals surface area contributed by atoms with E-state index in [9.17, 15) is 4.79 Å². The summed E-state index contributed by atoms with van der Waals surface area (Å²) >= 11 is 0. The fourth-order valence-electron chi connectivity index (χ4n) is 1.72. The average molecular weight is 227 g/mol. The zero-order valence-electron chi connectivity index (χ0n) is 9.83. The highest BCUT2D eigenvalue weighted by atomic mass is 16.5. The molecule has 2 rings (SSSR count). The number of hydrogen-bond donors (Lipinski definition) is 1. The summed E-state index contributed by atoms with van der Waals surface area (Å²) < 4.78 is 4.95. The van der Waals surface area contributed by atoms with E-state index in [-0.39, 0.29) is 5.97 Å². The van der Waals surface area contributed by atoms with Gasteiger partial charge in [-0.05, 0) is 32.0 Å². The molecule has 0 atom stereocenters. The lowest BCUT2D eigenvalue weighted by atomic mass is 10.1. The van der Waals surface area contributed by atoms with E-state index in [0.717, 1.165) is 16.5 Å². The Morgan fingerprint density at radius 1 is 1.47 bits per heavy atom. The normalized spacial score (nSPS) is 9.76. The van der Waals surface area contributed by atoms with Crippen LogP contribution >= 0.6 is 0 Å². The van der Waals surface area contributed by atoms with Crippen LogP contribution in [-0.4, -0.2) is 17.6 Å². The van der Waals surface area contributed by atoms with E-state index in [1.807, 2.05) is 18.2 Å². The van der Waals surface area contributed by atoms with Gasteiger partial charge in [-0.2, -0.15) is 0 Å². The third-order valence-corrected chi connectivity index (χ3v) is 2.42. The quantitative estimate of drug-likeness (QED) is 0.633. The SMILES string of the molecule is CC#Cc1cccc2[nH]c(C(=O)OCC)cc12. The van der Waals surface area contributed by atoms with Gasteiger partial charge < -0.3 is 9.72 Å². The molecule has 0 aliphatic carbocycles. The molecule has 0 radical (unpaired) electrons. The van der Waals surface area contributed by atoms with Crippen LogP contribution in [0.1, 0.15) is 29.9 Å². The van der Waals surface area contributed by atoms with Crippen molar-refractivity contribution in [3.05, 3.63) is 35.5 Å². The van der Waals surface area contributed by atoms with Gasteiger partial charge in [-0.25, -0.2) is 4.79 Å². The van der Waals surface area contributed by atoms with Crippen molar-refractivity contribution in [2.24, 2.45) is 0 Å². The highest BCUT2D eigenvalue weighted by Crippen LogP contribution is 2.19. The maximum Gasteiger partial charge on any atom is 0.354 e. The molecule has 2 aromatic rings. The summed E-state index contributed by atoms with van der Waals surface area (Å²) in [6, 6.07) is 7.54. The second kappa shape index (κ2) is 4.75. The molecule has 0 bridgehead atoms. The Hall–Kier alpha value is -2.21. The van der Waals surface area contributed by atoms with Gasteiger partial charge in [0.2, 0.25) is 0 Å². The summed E-state index contributed by atoms with van der Waals surface area (Å²) in [4.78, 5) is 14.6. The maximum atomic E-state index is 11.6. The van der Waals surface area contributed by atoms with Crippen molar-refractivity contribution in [1.29, 1.82) is 0 Å². The van der Waals surface area contributed by atoms with Gasteiger partial charge in [0.1, 0.15) is 5.69 Å². The highest BCUT2D eigenvalue weighted by Gasteiger charge is 2.11. The number of aromatic nitrogens is 1. The molecular formula is C14H13NO2. The molecular weight excluding hydrogens is 214 g/mol. The van der Waals surface area contributed by atoms with Crippen molar-refractivity contribution >= 4 is 16.9 Å². The molecule has 0 fully saturated rings. The zero-order valence-corrected chi connectivity index (χ0v) is 9.83. The minimum atomic E-state index is -0.334. The number of ether oxygens (including phenoxy) is 1. The van der Waals surface area contributed by atoms with Crippen LogP contribution in [0.5, 0.6) is 0 Å². The van der Waals surface area contributed by atoms with E-state index < -0.39 is 0 Å². The van der Waals surface area contributed by atoms with Crippen LogP contribution in [0.3, 0.4) is 0 Å². The largest absolute Gasteiger partial charge is 0.461 e. The summed E-state index contributed by atoms with van der Waals surface area (Å²) in [5, 5.41) is 0.949. The van der Waals surface area contributed by atoms with Crippen LogP contribution in [0.25, 0.3) is 10.9 Å². The number of rotatable bonds is 2. The number of carbonyl (C=O) groups is 1. The lowest BCUT2D eigenvalue weighted by Gasteiger charge is -1.96. The molecule has 0 saturated carbocycles. The first kappa shape index (κ1) is 11.3. The fraction of sp³-hybridized carbons (Fsp3) is 0.214. The van der Waals surface area contributed by atoms with Gasteiger partial charge in [-0.15, -0.1) is 5.92 Å². The summed E-state index contributed by atoms with van der Waals surface area (Å²) in [6.45, 7) is 3.95. The van der Waals surface area contributed by atoms with Gasteiger partial charge in [0.15, 0.2) is 0 Å². The summed E-state index contributed by atoms with van der Waals surface area (Å²) in [5.41, 5.74) is 2.28. The molecule has 0 spiro atoms. The third kappa shape index (κ3) is 2.16. The molecule has 0 amide bonds. The molecule has 0 aliphatic heterocycles. The van der Waals surface area contributed by atoms with Crippen LogP contribution in [0.4, 0.5) is 0 Å². The monoisotopic (exact) mass is 227 g/mol. The van der Waals surface area contributed by atoms with E-state index >= 15 is 0 Å². The molecule has 1 aromatic carbocycles. The predicted molar refractivity (Wildman–Crippen MR) is 66.8 cm³/mol. The van der Waals surface area contributed by atoms with Crippen LogP contribution in [-0.2, 0) is 4.74 Å². The van der Waals surface area contributed by atoms with E-state index in [2.05, 4.69) is 16.8 Å². The van der Waals surface area contributed by atoms with Crippen molar-refractivity contribution in [3.63, 3.8) is 0 Å². The van der Waals surface area contributed by atoms with Crippen LogP contribution in [0.15, 0.2) is 24.3 Å². The Bertz CT molecular complexity index is 614. The molecule has 0 saturated heterocycles. The highest BCUT2D eigenvalue weighted by molar-refractivity contribution is 5.96. The number of esters is 1. The van der Waals surface area contributed by atoms with E-state index in [1.54, 1.807) is 19.9 Å². The number of benzene rings is 1. The number of aromatic amines is 1. The molecule has 0 unspecified atom stereocenters. The van der Waals surface area contributed by atoms with E-state index in [4.69, 9.17) is 4.74 Å². The number of carbonyl (C=O) groups excluding carboxylic acids is 1. The average Bonchev–Trinajstić information content (AvgIpc) is 2.75. The molecule has 1 N–H and O–H groups in total. The van der Waals surface area contributed by atoms with Gasteiger partial charge >= 0.3 is 5.97 Å². The molecule has 86 valence electrons. The molecule has 1 aromatic heterocycles. The molecule has 17 heavy (non-hydrogen) atoms. The Morgan fingerprint density at radius 2 is 2.29 bits per heavy atom. The second-order valence-electron chi connectivity index (χ2n) is 3.55. The van der Waals surface area contributed by atoms with E-state index in [1.165, 1.54) is 0 Å². The molecule has 0 aliphatic rings. The van der Waals surface area contributed by atoms with Gasteiger partial charge in [-0.1, -0.05) is 12.0 Å². The Labute approximate surface area is 99.8 Å². The molecule has 3 heteroatoms. The Balaban J connectivity index is 2.52.